The zero-order chi connectivity index (χ0) is 30.4. The van der Waals surface area contributed by atoms with Crippen molar-refractivity contribution in [2.45, 2.75) is 48.5 Å². The lowest BCUT2D eigenvalue weighted by molar-refractivity contribution is -0.134. The first-order valence-electron chi connectivity index (χ1n) is 14.6. The highest BCUT2D eigenvalue weighted by Crippen LogP contribution is 2.49. The number of likely N-dealkylation sites (tertiary alicyclic amines) is 1. The molecule has 2 aliphatic heterocycles. The Kier molecular flexibility index (Phi) is 7.30. The van der Waals surface area contributed by atoms with Crippen LogP contribution in [-0.2, 0) is 25.0 Å². The Morgan fingerprint density at radius 2 is 1.63 bits per heavy atom. The van der Waals surface area contributed by atoms with Crippen molar-refractivity contribution in [2.75, 3.05) is 30.5 Å². The van der Waals surface area contributed by atoms with E-state index in [4.69, 9.17) is 5.73 Å². The highest BCUT2D eigenvalue weighted by Gasteiger charge is 2.49. The molecule has 4 aromatic rings. The van der Waals surface area contributed by atoms with Gasteiger partial charge in [-0.1, -0.05) is 54.6 Å². The number of nitrogens with one attached hydrogen (secondary N) is 2. The van der Waals surface area contributed by atoms with E-state index in [-0.39, 0.29) is 23.3 Å². The smallest absolute Gasteiger partial charge is 0.264 e. The zero-order valence-corrected chi connectivity index (χ0v) is 25.2. The molecule has 6 rings (SSSR count). The monoisotopic (exact) mass is 599 g/mol. The summed E-state index contributed by atoms with van der Waals surface area (Å²) in [6.45, 7) is 4.67. The molecule has 43 heavy (non-hydrogen) atoms. The number of para-hydroxylation sites is 2. The standard InChI is InChI=1S/C33H37N5O4S/c1-32(2,34)31(40)36-21-26(25-20-35-28-14-8-6-12-24(25)28)30(39)37-18-16-33(17-19-37)22-38(29-15-9-7-13-27(29)33)43(41,42)23-10-4-3-5-11-23/h3-15,20,26,35H,16-19,21-22,34H2,1-2H3,(H,36,40)/t26-/m1/s1. The quantitative estimate of drug-likeness (QED) is 0.297. The Labute approximate surface area is 252 Å². The van der Waals surface area contributed by atoms with Gasteiger partial charge in [0.15, 0.2) is 0 Å². The van der Waals surface area contributed by atoms with Crippen LogP contribution in [0.2, 0.25) is 0 Å². The number of rotatable bonds is 7. The van der Waals surface area contributed by atoms with Gasteiger partial charge < -0.3 is 20.9 Å². The van der Waals surface area contributed by atoms with Gasteiger partial charge in [-0.2, -0.15) is 0 Å². The van der Waals surface area contributed by atoms with Crippen LogP contribution in [0.4, 0.5) is 5.69 Å². The molecule has 0 unspecified atom stereocenters. The van der Waals surface area contributed by atoms with Gasteiger partial charge in [-0.15, -0.1) is 0 Å². The van der Waals surface area contributed by atoms with E-state index in [1.54, 1.807) is 44.2 Å². The van der Waals surface area contributed by atoms with Gasteiger partial charge in [-0.05, 0) is 62.1 Å². The number of sulfonamides is 1. The lowest BCUT2D eigenvalue weighted by Crippen LogP contribution is -2.52. The number of fused-ring (bicyclic) bond motifs is 3. The molecule has 0 radical (unpaired) electrons. The van der Waals surface area contributed by atoms with Crippen molar-refractivity contribution in [1.82, 2.24) is 15.2 Å². The van der Waals surface area contributed by atoms with Gasteiger partial charge in [0, 0.05) is 48.7 Å². The number of piperidine rings is 1. The molecule has 1 aromatic heterocycles. The molecule has 10 heteroatoms. The molecule has 1 spiro atoms. The molecule has 4 N–H and O–H groups in total. The van der Waals surface area contributed by atoms with Crippen molar-refractivity contribution in [3.63, 3.8) is 0 Å². The minimum atomic E-state index is -3.75. The summed E-state index contributed by atoms with van der Waals surface area (Å²) < 4.78 is 29.0. The van der Waals surface area contributed by atoms with Gasteiger partial charge in [-0.25, -0.2) is 8.42 Å². The highest BCUT2D eigenvalue weighted by molar-refractivity contribution is 7.92. The van der Waals surface area contributed by atoms with Crippen LogP contribution in [0, 0.1) is 0 Å². The Bertz CT molecular complexity index is 1770. The summed E-state index contributed by atoms with van der Waals surface area (Å²) in [5.41, 5.74) is 7.99. The molecule has 2 amide bonds. The van der Waals surface area contributed by atoms with Gasteiger partial charge in [0.2, 0.25) is 11.8 Å². The Balaban J connectivity index is 1.26. The first-order chi connectivity index (χ1) is 20.5. The van der Waals surface area contributed by atoms with Crippen LogP contribution in [0.3, 0.4) is 0 Å². The molecular formula is C33H37N5O4S. The Morgan fingerprint density at radius 3 is 2.35 bits per heavy atom. The summed E-state index contributed by atoms with van der Waals surface area (Å²) >= 11 is 0. The topological polar surface area (TPSA) is 129 Å². The van der Waals surface area contributed by atoms with E-state index in [9.17, 15) is 18.0 Å². The maximum atomic E-state index is 14.2. The summed E-state index contributed by atoms with van der Waals surface area (Å²) in [5.74, 6) is -1.01. The van der Waals surface area contributed by atoms with E-state index in [1.807, 2.05) is 59.6 Å². The lowest BCUT2D eigenvalue weighted by Gasteiger charge is -2.41. The molecule has 0 aliphatic carbocycles. The SMILES string of the molecule is CC(C)(N)C(=O)NC[C@@H](C(=O)N1CCC2(CC1)CN(S(=O)(=O)c1ccccc1)c1ccccc12)c1c[nH]c2ccccc12. The maximum Gasteiger partial charge on any atom is 0.264 e. The van der Waals surface area contributed by atoms with Crippen molar-refractivity contribution >= 4 is 38.4 Å². The largest absolute Gasteiger partial charge is 0.361 e. The molecule has 2 aliphatic rings. The number of carbonyl (C=O) groups is 2. The Hall–Kier alpha value is -4.15. The fraction of sp³-hybridized carbons (Fsp3) is 0.333. The summed E-state index contributed by atoms with van der Waals surface area (Å²) in [7, 11) is -3.75. The van der Waals surface area contributed by atoms with Gasteiger partial charge in [0.1, 0.15) is 0 Å². The maximum absolute atomic E-state index is 14.2. The van der Waals surface area contributed by atoms with E-state index < -0.39 is 26.9 Å². The number of hydrogen-bond donors (Lipinski definition) is 3. The van der Waals surface area contributed by atoms with Crippen LogP contribution in [0.15, 0.2) is 90.0 Å². The number of anilines is 1. The van der Waals surface area contributed by atoms with E-state index in [2.05, 4.69) is 10.3 Å². The molecule has 1 saturated heterocycles. The minimum absolute atomic E-state index is 0.0743. The number of amides is 2. The molecule has 0 saturated carbocycles. The number of aromatic nitrogens is 1. The summed E-state index contributed by atoms with van der Waals surface area (Å²) in [5, 5.41) is 3.83. The normalized spacial score (nSPS) is 17.2. The molecule has 9 nitrogen and oxygen atoms in total. The summed E-state index contributed by atoms with van der Waals surface area (Å²) in [6.07, 6.45) is 3.09. The lowest BCUT2D eigenvalue weighted by atomic mass is 9.74. The third-order valence-corrected chi connectivity index (χ3v) is 10.7. The number of benzene rings is 3. The number of hydrogen-bond acceptors (Lipinski definition) is 5. The molecule has 3 aromatic carbocycles. The van der Waals surface area contributed by atoms with Crippen LogP contribution in [0.5, 0.6) is 0 Å². The second-order valence-corrected chi connectivity index (χ2v) is 14.1. The highest BCUT2D eigenvalue weighted by atomic mass is 32.2. The van der Waals surface area contributed by atoms with Crippen molar-refractivity contribution in [2.24, 2.45) is 5.73 Å². The number of carbonyl (C=O) groups excluding carboxylic acids is 2. The van der Waals surface area contributed by atoms with E-state index in [1.165, 1.54) is 4.31 Å². The third kappa shape index (κ3) is 5.19. The van der Waals surface area contributed by atoms with Gasteiger partial charge in [-0.3, -0.25) is 13.9 Å². The second-order valence-electron chi connectivity index (χ2n) is 12.2. The third-order valence-electron chi connectivity index (χ3n) is 8.90. The van der Waals surface area contributed by atoms with Crippen molar-refractivity contribution in [3.05, 3.63) is 96.2 Å². The average Bonchev–Trinajstić information content (AvgIpc) is 3.58. The van der Waals surface area contributed by atoms with Crippen molar-refractivity contribution in [3.8, 4) is 0 Å². The van der Waals surface area contributed by atoms with Crippen LogP contribution >= 0.6 is 0 Å². The van der Waals surface area contributed by atoms with Crippen molar-refractivity contribution < 1.29 is 18.0 Å². The average molecular weight is 600 g/mol. The van der Waals surface area contributed by atoms with Gasteiger partial charge in [0.25, 0.3) is 10.0 Å². The van der Waals surface area contributed by atoms with Crippen LogP contribution in [0.25, 0.3) is 10.9 Å². The first-order valence-corrected chi connectivity index (χ1v) is 16.0. The van der Waals surface area contributed by atoms with Crippen LogP contribution in [-0.4, -0.2) is 61.8 Å². The molecule has 224 valence electrons. The molecule has 1 atom stereocenters. The Morgan fingerprint density at radius 1 is 0.977 bits per heavy atom. The van der Waals surface area contributed by atoms with Crippen LogP contribution < -0.4 is 15.4 Å². The number of aromatic amines is 1. The predicted octanol–water partition coefficient (Wildman–Crippen LogP) is 3.87. The fourth-order valence-electron chi connectivity index (χ4n) is 6.46. The zero-order valence-electron chi connectivity index (χ0n) is 24.4. The molecule has 1 fully saturated rings. The molecular weight excluding hydrogens is 562 g/mol. The van der Waals surface area contributed by atoms with E-state index >= 15 is 0 Å². The minimum Gasteiger partial charge on any atom is -0.361 e. The number of nitrogens with two attached hydrogens (primary N) is 1. The number of nitrogens with zero attached hydrogens (tertiary/aromatic N) is 2. The summed E-state index contributed by atoms with van der Waals surface area (Å²) in [6, 6.07) is 24.0. The van der Waals surface area contributed by atoms with Gasteiger partial charge in [0.05, 0.1) is 22.0 Å². The molecule has 3 heterocycles. The van der Waals surface area contributed by atoms with Gasteiger partial charge >= 0.3 is 0 Å². The molecule has 0 bridgehead atoms. The predicted molar refractivity (Wildman–Crippen MR) is 167 cm³/mol. The summed E-state index contributed by atoms with van der Waals surface area (Å²) in [4.78, 5) is 32.2. The first kappa shape index (κ1) is 28.9. The fourth-order valence-corrected chi connectivity index (χ4v) is 8.05. The van der Waals surface area contributed by atoms with E-state index in [0.717, 1.165) is 22.0 Å². The van der Waals surface area contributed by atoms with E-state index in [0.29, 0.717) is 38.2 Å². The number of H-pyrrole nitrogens is 1. The second kappa shape index (κ2) is 10.8. The van der Waals surface area contributed by atoms with Crippen molar-refractivity contribution in [1.29, 1.82) is 0 Å². The van der Waals surface area contributed by atoms with Crippen LogP contribution in [0.1, 0.15) is 43.7 Å².